The number of nitrogens with zero attached hydrogens (tertiary/aromatic N) is 4. The number of rotatable bonds is 5. The molecular weight excluding hydrogens is 351 g/mol. The normalized spacial score (nSPS) is 11.2. The van der Waals surface area contributed by atoms with E-state index in [0.29, 0.717) is 5.02 Å². The van der Waals surface area contributed by atoms with Crippen LogP contribution in [0.15, 0.2) is 65.1 Å². The topological polar surface area (TPSA) is 43.1 Å². The maximum absolute atomic E-state index is 5.89. The molecule has 0 amide bonds. The van der Waals surface area contributed by atoms with Crippen LogP contribution in [0.3, 0.4) is 0 Å². The summed E-state index contributed by atoms with van der Waals surface area (Å²) in [6, 6.07) is 15.2. The average molecular weight is 363 g/mol. The van der Waals surface area contributed by atoms with Crippen LogP contribution in [0.5, 0.6) is 0 Å². The second-order valence-corrected chi connectivity index (χ2v) is 6.48. The lowest BCUT2D eigenvalue weighted by atomic mass is 10.2. The van der Waals surface area contributed by atoms with Crippen molar-refractivity contribution in [1.29, 1.82) is 0 Å². The number of aromatic nitrogens is 3. The number of hydrogen-bond acceptors (Lipinski definition) is 4. The first-order valence-electron chi connectivity index (χ1n) is 6.78. The molecule has 0 aliphatic heterocycles. The third kappa shape index (κ3) is 4.58. The zero-order valence-corrected chi connectivity index (χ0v) is 14.3. The van der Waals surface area contributed by atoms with Gasteiger partial charge in [0.1, 0.15) is 6.33 Å². The van der Waals surface area contributed by atoms with Crippen molar-refractivity contribution < 1.29 is 0 Å². The molecule has 0 radical (unpaired) electrons. The monoisotopic (exact) mass is 362 g/mol. The first-order chi connectivity index (χ1) is 11.2. The molecule has 0 saturated carbocycles. The summed E-state index contributed by atoms with van der Waals surface area (Å²) in [5.74, 6) is 0.770. The molecule has 3 aromatic rings. The van der Waals surface area contributed by atoms with Gasteiger partial charge >= 0.3 is 0 Å². The number of thioether (sulfide) groups is 1. The van der Waals surface area contributed by atoms with Crippen LogP contribution in [0, 0.1) is 0 Å². The van der Waals surface area contributed by atoms with E-state index < -0.39 is 0 Å². The van der Waals surface area contributed by atoms with E-state index in [2.05, 4.69) is 15.3 Å². The third-order valence-electron chi connectivity index (χ3n) is 2.98. The molecule has 0 bridgehead atoms. The first-order valence-corrected chi connectivity index (χ1v) is 8.52. The van der Waals surface area contributed by atoms with Crippen molar-refractivity contribution in [3.05, 3.63) is 76.0 Å². The Morgan fingerprint density at radius 1 is 1.00 bits per heavy atom. The third-order valence-corrected chi connectivity index (χ3v) is 4.49. The molecule has 4 nitrogen and oxygen atoms in total. The van der Waals surface area contributed by atoms with E-state index in [1.54, 1.807) is 29.0 Å². The van der Waals surface area contributed by atoms with Gasteiger partial charge in [0.15, 0.2) is 0 Å². The smallest absolute Gasteiger partial charge is 0.195 e. The van der Waals surface area contributed by atoms with E-state index in [0.717, 1.165) is 27.1 Å². The molecule has 3 rings (SSSR count). The van der Waals surface area contributed by atoms with Crippen molar-refractivity contribution in [2.45, 2.75) is 10.9 Å². The Labute approximate surface area is 148 Å². The highest BCUT2D eigenvalue weighted by Crippen LogP contribution is 2.21. The molecule has 0 N–H and O–H groups in total. The quantitative estimate of drug-likeness (QED) is 0.485. The van der Waals surface area contributed by atoms with Crippen LogP contribution < -0.4 is 0 Å². The highest BCUT2D eigenvalue weighted by Gasteiger charge is 2.04. The second-order valence-electron chi connectivity index (χ2n) is 4.67. The maximum atomic E-state index is 5.89. The lowest BCUT2D eigenvalue weighted by molar-refractivity contribution is 0.767. The molecule has 0 saturated heterocycles. The highest BCUT2D eigenvalue weighted by molar-refractivity contribution is 7.98. The predicted molar refractivity (Wildman–Crippen MR) is 95.5 cm³/mol. The summed E-state index contributed by atoms with van der Waals surface area (Å²) >= 11 is 13.3. The van der Waals surface area contributed by atoms with E-state index in [1.165, 1.54) is 0 Å². The Balaban J connectivity index is 1.67. The van der Waals surface area contributed by atoms with Crippen molar-refractivity contribution >= 4 is 41.2 Å². The molecule has 1 aromatic heterocycles. The van der Waals surface area contributed by atoms with Gasteiger partial charge in [-0.3, -0.25) is 0 Å². The highest BCUT2D eigenvalue weighted by atomic mass is 35.5. The average Bonchev–Trinajstić information content (AvgIpc) is 3.01. The first kappa shape index (κ1) is 16.1. The van der Waals surface area contributed by atoms with Crippen LogP contribution in [-0.4, -0.2) is 21.1 Å². The summed E-state index contributed by atoms with van der Waals surface area (Å²) in [7, 11) is 0. The summed E-state index contributed by atoms with van der Waals surface area (Å²) in [5.41, 5.74) is 2.12. The van der Waals surface area contributed by atoms with Crippen LogP contribution in [0.2, 0.25) is 10.0 Å². The summed E-state index contributed by atoms with van der Waals surface area (Å²) in [5, 5.41) is 14.5. The summed E-state index contributed by atoms with van der Waals surface area (Å²) < 4.78 is 1.65. The fourth-order valence-electron chi connectivity index (χ4n) is 1.80. The number of hydrogen-bond donors (Lipinski definition) is 0. The summed E-state index contributed by atoms with van der Waals surface area (Å²) in [6.07, 6.45) is 3.32. The summed E-state index contributed by atoms with van der Waals surface area (Å²) in [6.45, 7) is 0. The van der Waals surface area contributed by atoms with Gasteiger partial charge in [0.25, 0.3) is 0 Å². The number of halogens is 2. The van der Waals surface area contributed by atoms with Crippen LogP contribution in [0.25, 0.3) is 0 Å². The standard InChI is InChI=1S/C16H12Cl2N4S/c17-14-5-1-12(2-6-14)9-20-22-11-19-21-16(22)23-10-13-3-7-15(18)8-4-13/h1-9,11H,10H2/b20-9-. The fraction of sp³-hybridized carbons (Fsp3) is 0.0625. The van der Waals surface area contributed by atoms with Crippen LogP contribution >= 0.6 is 35.0 Å². The SMILES string of the molecule is Clc1ccc(/C=N\n2cnnc2SCc2ccc(Cl)cc2)cc1. The Hall–Kier alpha value is -1.82. The molecule has 0 atom stereocenters. The van der Waals surface area contributed by atoms with Gasteiger partial charge in [0.2, 0.25) is 5.16 Å². The van der Waals surface area contributed by atoms with Gasteiger partial charge in [-0.25, -0.2) is 0 Å². The Bertz CT molecular complexity index is 798. The van der Waals surface area contributed by atoms with Gasteiger partial charge < -0.3 is 0 Å². The molecule has 116 valence electrons. The van der Waals surface area contributed by atoms with Crippen LogP contribution in [0.1, 0.15) is 11.1 Å². The Kier molecular flexibility index (Phi) is 5.33. The zero-order valence-electron chi connectivity index (χ0n) is 11.9. The van der Waals surface area contributed by atoms with Crippen molar-refractivity contribution in [3.8, 4) is 0 Å². The Morgan fingerprint density at radius 2 is 1.65 bits per heavy atom. The summed E-state index contributed by atoms with van der Waals surface area (Å²) in [4.78, 5) is 0. The minimum absolute atomic E-state index is 0.700. The van der Waals surface area contributed by atoms with E-state index >= 15 is 0 Å². The molecule has 0 aliphatic rings. The van der Waals surface area contributed by atoms with Gasteiger partial charge in [-0.1, -0.05) is 59.2 Å². The maximum Gasteiger partial charge on any atom is 0.212 e. The van der Waals surface area contributed by atoms with Crippen LogP contribution in [0.4, 0.5) is 0 Å². The molecule has 23 heavy (non-hydrogen) atoms. The molecule has 0 unspecified atom stereocenters. The van der Waals surface area contributed by atoms with Gasteiger partial charge in [0, 0.05) is 15.8 Å². The van der Waals surface area contributed by atoms with Crippen LogP contribution in [-0.2, 0) is 5.75 Å². The lowest BCUT2D eigenvalue weighted by Gasteiger charge is -2.01. The van der Waals surface area contributed by atoms with Crippen molar-refractivity contribution in [2.24, 2.45) is 5.10 Å². The minimum Gasteiger partial charge on any atom is -0.195 e. The molecule has 1 heterocycles. The second kappa shape index (κ2) is 7.64. The minimum atomic E-state index is 0.700. The number of benzene rings is 2. The van der Waals surface area contributed by atoms with E-state index in [4.69, 9.17) is 23.2 Å². The molecule has 0 fully saturated rings. The molecule has 0 spiro atoms. The largest absolute Gasteiger partial charge is 0.212 e. The van der Waals surface area contributed by atoms with Crippen molar-refractivity contribution in [3.63, 3.8) is 0 Å². The van der Waals surface area contributed by atoms with E-state index in [9.17, 15) is 0 Å². The van der Waals surface area contributed by atoms with Gasteiger partial charge in [0.05, 0.1) is 6.21 Å². The molecule has 0 aliphatic carbocycles. The lowest BCUT2D eigenvalue weighted by Crippen LogP contribution is -1.92. The van der Waals surface area contributed by atoms with Gasteiger partial charge in [-0.15, -0.1) is 10.2 Å². The van der Waals surface area contributed by atoms with E-state index in [-0.39, 0.29) is 0 Å². The fourth-order valence-corrected chi connectivity index (χ4v) is 2.87. The zero-order chi connectivity index (χ0) is 16.1. The van der Waals surface area contributed by atoms with Gasteiger partial charge in [-0.2, -0.15) is 9.78 Å². The molecule has 2 aromatic carbocycles. The predicted octanol–water partition coefficient (Wildman–Crippen LogP) is 4.76. The molecular formula is C16H12Cl2N4S. The van der Waals surface area contributed by atoms with Gasteiger partial charge in [-0.05, 0) is 35.4 Å². The van der Waals surface area contributed by atoms with E-state index in [1.807, 2.05) is 48.5 Å². The van der Waals surface area contributed by atoms with Crippen molar-refractivity contribution in [1.82, 2.24) is 14.9 Å². The Morgan fingerprint density at radius 3 is 2.35 bits per heavy atom. The van der Waals surface area contributed by atoms with Crippen molar-refractivity contribution in [2.75, 3.05) is 0 Å². The molecule has 7 heteroatoms.